The molecule has 0 bridgehead atoms. The van der Waals surface area contributed by atoms with Crippen molar-refractivity contribution in [2.45, 2.75) is 12.1 Å². The van der Waals surface area contributed by atoms with E-state index in [2.05, 4.69) is 15.9 Å². The first-order valence-corrected chi connectivity index (χ1v) is 5.20. The van der Waals surface area contributed by atoms with E-state index in [4.69, 9.17) is 11.6 Å². The van der Waals surface area contributed by atoms with E-state index < -0.39 is 28.2 Å². The lowest BCUT2D eigenvalue weighted by molar-refractivity contribution is -0.385. The highest BCUT2D eigenvalue weighted by molar-refractivity contribution is 9.10. The van der Waals surface area contributed by atoms with E-state index in [1.165, 1.54) is 0 Å². The van der Waals surface area contributed by atoms with Gasteiger partial charge < -0.3 is 0 Å². The second-order valence-electron chi connectivity index (χ2n) is 2.85. The number of hydrogen-bond donors (Lipinski definition) is 0. The van der Waals surface area contributed by atoms with Gasteiger partial charge in [-0.05, 0) is 21.5 Å². The number of non-ortho nitro benzene ring substituents is 1. The lowest BCUT2D eigenvalue weighted by Gasteiger charge is -2.12. The van der Waals surface area contributed by atoms with Crippen molar-refractivity contribution in [3.8, 4) is 0 Å². The Morgan fingerprint density at radius 3 is 2.38 bits per heavy atom. The fourth-order valence-electron chi connectivity index (χ4n) is 1.18. The molecule has 0 aliphatic heterocycles. The van der Waals surface area contributed by atoms with Gasteiger partial charge in [-0.25, -0.2) is 0 Å². The first-order valence-electron chi connectivity index (χ1n) is 3.87. The van der Waals surface area contributed by atoms with E-state index in [0.29, 0.717) is 0 Å². The van der Waals surface area contributed by atoms with E-state index >= 15 is 0 Å². The van der Waals surface area contributed by atoms with Crippen LogP contribution in [-0.4, -0.2) is 4.92 Å². The summed E-state index contributed by atoms with van der Waals surface area (Å²) in [4.78, 5) is 9.67. The predicted molar refractivity (Wildman–Crippen MR) is 55.4 cm³/mol. The quantitative estimate of drug-likeness (QED) is 0.468. The van der Waals surface area contributed by atoms with Crippen molar-refractivity contribution in [2.75, 3.05) is 0 Å². The van der Waals surface area contributed by atoms with Crippen LogP contribution in [0.3, 0.4) is 0 Å². The number of rotatable bonds is 2. The third-order valence-electron chi connectivity index (χ3n) is 1.79. The van der Waals surface area contributed by atoms with E-state index in [0.717, 1.165) is 12.1 Å². The molecule has 0 atom stereocenters. The molecule has 0 aliphatic rings. The zero-order valence-corrected chi connectivity index (χ0v) is 9.86. The molecule has 0 aromatic heterocycles. The molecule has 0 saturated carbocycles. The monoisotopic (exact) mass is 317 g/mol. The number of alkyl halides is 4. The second-order valence-corrected chi connectivity index (χ2v) is 3.97. The standard InChI is InChI=1S/C8H4BrClF3NO2/c9-6-2-5(14(15)16)1-4(3-10)7(6)8(11,12)13/h1-2H,3H2. The minimum Gasteiger partial charge on any atom is -0.258 e. The van der Waals surface area contributed by atoms with Gasteiger partial charge in [-0.15, -0.1) is 11.6 Å². The van der Waals surface area contributed by atoms with Crippen molar-refractivity contribution in [3.05, 3.63) is 37.8 Å². The van der Waals surface area contributed by atoms with Gasteiger partial charge in [-0.1, -0.05) is 0 Å². The fraction of sp³-hybridized carbons (Fsp3) is 0.250. The number of benzene rings is 1. The molecule has 0 unspecified atom stereocenters. The SMILES string of the molecule is O=[N+]([O-])c1cc(Br)c(C(F)(F)F)c(CCl)c1. The molecule has 0 N–H and O–H groups in total. The number of nitro groups is 1. The Bertz CT molecular complexity index is 436. The molecule has 0 saturated heterocycles. The van der Waals surface area contributed by atoms with Gasteiger partial charge in [0.15, 0.2) is 0 Å². The molecule has 0 fully saturated rings. The highest BCUT2D eigenvalue weighted by atomic mass is 79.9. The van der Waals surface area contributed by atoms with E-state index in [9.17, 15) is 23.3 Å². The first-order chi connectivity index (χ1) is 7.27. The van der Waals surface area contributed by atoms with Crippen molar-refractivity contribution < 1.29 is 18.1 Å². The van der Waals surface area contributed by atoms with Crippen LogP contribution in [0.2, 0.25) is 0 Å². The highest BCUT2D eigenvalue weighted by Crippen LogP contribution is 2.39. The van der Waals surface area contributed by atoms with Gasteiger partial charge in [0, 0.05) is 22.5 Å². The molecule has 16 heavy (non-hydrogen) atoms. The normalized spacial score (nSPS) is 11.6. The smallest absolute Gasteiger partial charge is 0.258 e. The van der Waals surface area contributed by atoms with Crippen LogP contribution in [0, 0.1) is 10.1 Å². The Balaban J connectivity index is 3.46. The van der Waals surface area contributed by atoms with Crippen molar-refractivity contribution in [1.82, 2.24) is 0 Å². The molecule has 88 valence electrons. The Morgan fingerprint density at radius 2 is 2.00 bits per heavy atom. The second kappa shape index (κ2) is 4.58. The summed E-state index contributed by atoms with van der Waals surface area (Å²) in [6.45, 7) is 0. The Hall–Kier alpha value is -0.820. The number of nitrogens with zero attached hydrogens (tertiary/aromatic N) is 1. The highest BCUT2D eigenvalue weighted by Gasteiger charge is 2.36. The van der Waals surface area contributed by atoms with Crippen LogP contribution in [0.5, 0.6) is 0 Å². The number of hydrogen-bond acceptors (Lipinski definition) is 2. The fourth-order valence-corrected chi connectivity index (χ4v) is 2.10. The topological polar surface area (TPSA) is 43.1 Å². The van der Waals surface area contributed by atoms with Gasteiger partial charge >= 0.3 is 6.18 Å². The van der Waals surface area contributed by atoms with E-state index in [1.807, 2.05) is 0 Å². The molecule has 1 aromatic rings. The van der Waals surface area contributed by atoms with Crippen molar-refractivity contribution in [1.29, 1.82) is 0 Å². The average molecular weight is 318 g/mol. The first kappa shape index (κ1) is 13.2. The third-order valence-corrected chi connectivity index (χ3v) is 2.71. The average Bonchev–Trinajstić information content (AvgIpc) is 2.14. The molecule has 8 heteroatoms. The summed E-state index contributed by atoms with van der Waals surface area (Å²) in [6, 6.07) is 1.62. The lowest BCUT2D eigenvalue weighted by atomic mass is 10.1. The largest absolute Gasteiger partial charge is 0.417 e. The summed E-state index contributed by atoms with van der Waals surface area (Å²) in [5, 5.41) is 10.4. The van der Waals surface area contributed by atoms with Crippen LogP contribution in [0.4, 0.5) is 18.9 Å². The Morgan fingerprint density at radius 1 is 1.44 bits per heavy atom. The van der Waals surface area contributed by atoms with Gasteiger partial charge in [0.2, 0.25) is 0 Å². The summed E-state index contributed by atoms with van der Waals surface area (Å²) in [7, 11) is 0. The molecular formula is C8H4BrClF3NO2. The molecule has 3 nitrogen and oxygen atoms in total. The van der Waals surface area contributed by atoms with Crippen LogP contribution < -0.4 is 0 Å². The van der Waals surface area contributed by atoms with Crippen LogP contribution in [0.25, 0.3) is 0 Å². The zero-order chi connectivity index (χ0) is 12.5. The Kier molecular flexibility index (Phi) is 3.80. The number of halogens is 5. The van der Waals surface area contributed by atoms with Crippen LogP contribution >= 0.6 is 27.5 Å². The molecule has 0 radical (unpaired) electrons. The van der Waals surface area contributed by atoms with Crippen molar-refractivity contribution in [2.24, 2.45) is 0 Å². The zero-order valence-electron chi connectivity index (χ0n) is 7.52. The third kappa shape index (κ3) is 2.65. The predicted octanol–water partition coefficient (Wildman–Crippen LogP) is 4.11. The molecule has 1 aromatic carbocycles. The molecular weight excluding hydrogens is 314 g/mol. The Labute approximate surface area is 101 Å². The van der Waals surface area contributed by atoms with Crippen LogP contribution in [-0.2, 0) is 12.1 Å². The summed E-state index contributed by atoms with van der Waals surface area (Å²) in [5.74, 6) is -0.449. The molecule has 0 heterocycles. The van der Waals surface area contributed by atoms with Gasteiger partial charge in [-0.2, -0.15) is 13.2 Å². The summed E-state index contributed by atoms with van der Waals surface area (Å²) in [5.41, 5.74) is -1.74. The summed E-state index contributed by atoms with van der Waals surface area (Å²) >= 11 is 8.00. The minimum absolute atomic E-state index is 0.324. The summed E-state index contributed by atoms with van der Waals surface area (Å²) < 4.78 is 37.3. The maximum Gasteiger partial charge on any atom is 0.417 e. The van der Waals surface area contributed by atoms with Crippen molar-refractivity contribution >= 4 is 33.2 Å². The van der Waals surface area contributed by atoms with Crippen LogP contribution in [0.15, 0.2) is 16.6 Å². The maximum atomic E-state index is 12.6. The van der Waals surface area contributed by atoms with E-state index in [1.54, 1.807) is 0 Å². The van der Waals surface area contributed by atoms with Crippen LogP contribution in [0.1, 0.15) is 11.1 Å². The maximum absolute atomic E-state index is 12.6. The molecule has 0 aliphatic carbocycles. The molecule has 0 amide bonds. The molecule has 1 rings (SSSR count). The molecule has 0 spiro atoms. The van der Waals surface area contributed by atoms with Gasteiger partial charge in [0.05, 0.1) is 10.5 Å². The van der Waals surface area contributed by atoms with Crippen molar-refractivity contribution in [3.63, 3.8) is 0 Å². The summed E-state index contributed by atoms with van der Waals surface area (Å²) in [6.07, 6.45) is -4.60. The minimum atomic E-state index is -4.60. The number of nitro benzene ring substituents is 1. The lowest BCUT2D eigenvalue weighted by Crippen LogP contribution is -2.10. The van der Waals surface area contributed by atoms with Gasteiger partial charge in [0.1, 0.15) is 0 Å². The van der Waals surface area contributed by atoms with E-state index in [-0.39, 0.29) is 10.0 Å². The van der Waals surface area contributed by atoms with Gasteiger partial charge in [0.25, 0.3) is 5.69 Å². The van der Waals surface area contributed by atoms with Gasteiger partial charge in [-0.3, -0.25) is 10.1 Å².